The Hall–Kier alpha value is -2.77. The molecule has 1 heterocycles. The number of Topliss-reactive ketones (excluding diaryl/α,β-unsaturated/α-hetero) is 1. The Morgan fingerprint density at radius 3 is 1.97 bits per heavy atom. The molecule has 0 aliphatic carbocycles. The van der Waals surface area contributed by atoms with Crippen molar-refractivity contribution in [3.63, 3.8) is 0 Å². The number of hydrogen-bond donors (Lipinski definition) is 0. The average molecular weight is 496 g/mol. The monoisotopic (exact) mass is 495 g/mol. The summed E-state index contributed by atoms with van der Waals surface area (Å²) in [5.41, 5.74) is 1.25. The molecule has 1 aliphatic rings. The topological polar surface area (TPSA) is 20.3 Å². The van der Waals surface area contributed by atoms with E-state index in [0.717, 1.165) is 23.3 Å². The van der Waals surface area contributed by atoms with E-state index < -0.39 is 35.2 Å². The largest absolute Gasteiger partial charge is 0.416 e. The Balaban J connectivity index is 0.00000324. The lowest BCUT2D eigenvalue weighted by atomic mass is 9.76. The maximum absolute atomic E-state index is 13.5. The third-order valence-electron chi connectivity index (χ3n) is 6.06. The van der Waals surface area contributed by atoms with Crippen LogP contribution in [0.1, 0.15) is 34.6 Å². The molecule has 1 atom stereocenters. The number of rotatable bonds is 5. The Morgan fingerprint density at radius 1 is 0.882 bits per heavy atom. The van der Waals surface area contributed by atoms with E-state index in [9.17, 15) is 26.7 Å². The van der Waals surface area contributed by atoms with Gasteiger partial charge in [-0.3, -0.25) is 9.69 Å². The van der Waals surface area contributed by atoms with E-state index >= 15 is 0 Å². The number of ketones is 1. The van der Waals surface area contributed by atoms with Gasteiger partial charge in [0.1, 0.15) is 17.4 Å². The number of likely N-dealkylation sites (tertiary alicyclic amines) is 1. The van der Waals surface area contributed by atoms with Gasteiger partial charge in [-0.15, -0.1) is 12.4 Å². The van der Waals surface area contributed by atoms with Crippen LogP contribution in [0.3, 0.4) is 0 Å². The van der Waals surface area contributed by atoms with Gasteiger partial charge in [-0.1, -0.05) is 42.5 Å². The number of halogens is 6. The minimum Gasteiger partial charge on any atom is -0.299 e. The third kappa shape index (κ3) is 6.02. The van der Waals surface area contributed by atoms with Gasteiger partial charge in [-0.05, 0) is 47.0 Å². The summed E-state index contributed by atoms with van der Waals surface area (Å²) in [5.74, 6) is -1.71. The fraction of sp³-hybridized carbons (Fsp3) is 0.269. The quantitative estimate of drug-likeness (QED) is 0.370. The first kappa shape index (κ1) is 25.8. The Bertz CT molecular complexity index is 1070. The van der Waals surface area contributed by atoms with Crippen LogP contribution in [0.2, 0.25) is 0 Å². The molecule has 0 amide bonds. The zero-order chi connectivity index (χ0) is 23.6. The molecule has 0 bridgehead atoms. The van der Waals surface area contributed by atoms with Crippen LogP contribution in [-0.4, -0.2) is 23.8 Å². The van der Waals surface area contributed by atoms with Crippen molar-refractivity contribution in [1.29, 1.82) is 0 Å². The number of benzene rings is 3. The molecule has 1 unspecified atom stereocenters. The van der Waals surface area contributed by atoms with E-state index in [0.29, 0.717) is 18.7 Å². The second-order valence-electron chi connectivity index (χ2n) is 8.34. The molecule has 8 heteroatoms. The number of carbonyl (C=O) groups excluding carboxylic acids is 1. The lowest BCUT2D eigenvalue weighted by Gasteiger charge is -2.36. The predicted octanol–water partition coefficient (Wildman–Crippen LogP) is 6.63. The highest BCUT2D eigenvalue weighted by molar-refractivity contribution is 5.85. The maximum Gasteiger partial charge on any atom is 0.416 e. The highest BCUT2D eigenvalue weighted by Crippen LogP contribution is 2.36. The van der Waals surface area contributed by atoms with Gasteiger partial charge < -0.3 is 0 Å². The molecule has 1 saturated heterocycles. The average Bonchev–Trinajstić information content (AvgIpc) is 2.78. The molecular weight excluding hydrogens is 473 g/mol. The molecule has 3 aromatic rings. The summed E-state index contributed by atoms with van der Waals surface area (Å²) in [5, 5.41) is 0. The molecule has 2 nitrogen and oxygen atoms in total. The van der Waals surface area contributed by atoms with Gasteiger partial charge in [0.15, 0.2) is 0 Å². The van der Waals surface area contributed by atoms with E-state index in [1.807, 2.05) is 4.90 Å². The smallest absolute Gasteiger partial charge is 0.299 e. The molecule has 1 fully saturated rings. The first-order valence-electron chi connectivity index (χ1n) is 10.6. The summed E-state index contributed by atoms with van der Waals surface area (Å²) in [6, 6.07) is 16.9. The van der Waals surface area contributed by atoms with E-state index in [2.05, 4.69) is 0 Å². The molecule has 0 aromatic heterocycles. The number of hydrogen-bond acceptors (Lipinski definition) is 2. The van der Waals surface area contributed by atoms with E-state index in [-0.39, 0.29) is 31.2 Å². The Morgan fingerprint density at radius 2 is 1.44 bits per heavy atom. The molecule has 3 aromatic carbocycles. The van der Waals surface area contributed by atoms with Crippen molar-refractivity contribution < 1.29 is 26.7 Å². The van der Waals surface area contributed by atoms with Crippen LogP contribution < -0.4 is 0 Å². The molecule has 0 N–H and O–H groups in total. The van der Waals surface area contributed by atoms with Gasteiger partial charge >= 0.3 is 6.18 Å². The summed E-state index contributed by atoms with van der Waals surface area (Å²) in [6.07, 6.45) is -4.17. The van der Waals surface area contributed by atoms with Gasteiger partial charge in [0, 0.05) is 37.9 Å². The Kier molecular flexibility index (Phi) is 8.10. The molecule has 0 spiro atoms. The van der Waals surface area contributed by atoms with Crippen LogP contribution in [0.15, 0.2) is 72.8 Å². The van der Waals surface area contributed by atoms with Gasteiger partial charge in [0.2, 0.25) is 0 Å². The van der Waals surface area contributed by atoms with Gasteiger partial charge in [0.25, 0.3) is 0 Å². The highest BCUT2D eigenvalue weighted by Gasteiger charge is 2.36. The summed E-state index contributed by atoms with van der Waals surface area (Å²) >= 11 is 0. The van der Waals surface area contributed by atoms with Crippen LogP contribution in [0.4, 0.5) is 22.0 Å². The first-order valence-corrected chi connectivity index (χ1v) is 10.6. The minimum absolute atomic E-state index is 0. The third-order valence-corrected chi connectivity index (χ3v) is 6.06. The normalized spacial score (nSPS) is 17.0. The number of carbonyl (C=O) groups is 1. The molecule has 0 radical (unpaired) electrons. The van der Waals surface area contributed by atoms with Gasteiger partial charge in [-0.2, -0.15) is 13.2 Å². The first-order chi connectivity index (χ1) is 15.7. The SMILES string of the molecule is Cl.O=C1CCN(Cc2cccc(C(F)(F)F)c2)CC1C(c1ccc(F)cc1)c1ccc(F)cc1. The van der Waals surface area contributed by atoms with Crippen LogP contribution >= 0.6 is 12.4 Å². The second kappa shape index (κ2) is 10.7. The lowest BCUT2D eigenvalue weighted by molar-refractivity contribution is -0.137. The maximum atomic E-state index is 13.5. The molecule has 180 valence electrons. The fourth-order valence-electron chi connectivity index (χ4n) is 4.46. The van der Waals surface area contributed by atoms with Crippen molar-refractivity contribution in [1.82, 2.24) is 4.90 Å². The van der Waals surface area contributed by atoms with Crippen molar-refractivity contribution in [3.8, 4) is 0 Å². The summed E-state index contributed by atoms with van der Waals surface area (Å²) in [4.78, 5) is 14.9. The van der Waals surface area contributed by atoms with Crippen molar-refractivity contribution in [3.05, 3.63) is 107 Å². The summed E-state index contributed by atoms with van der Waals surface area (Å²) in [7, 11) is 0. The highest BCUT2D eigenvalue weighted by atomic mass is 35.5. The molecule has 34 heavy (non-hydrogen) atoms. The molecule has 1 aliphatic heterocycles. The molecule has 4 rings (SSSR count). The number of alkyl halides is 3. The van der Waals surface area contributed by atoms with Crippen LogP contribution in [0.25, 0.3) is 0 Å². The van der Waals surface area contributed by atoms with Crippen molar-refractivity contribution in [2.24, 2.45) is 5.92 Å². The number of nitrogens with zero attached hydrogens (tertiary/aromatic N) is 1. The van der Waals surface area contributed by atoms with Crippen LogP contribution in [-0.2, 0) is 17.5 Å². The standard InChI is InChI=1S/C26H22F5NO.ClH/c27-21-8-4-18(5-9-21)25(19-6-10-22(28)11-7-19)23-16-32(13-12-24(23)33)15-17-2-1-3-20(14-17)26(29,30)31;/h1-11,14,23,25H,12-13,15-16H2;1H. The van der Waals surface area contributed by atoms with Crippen molar-refractivity contribution in [2.75, 3.05) is 13.1 Å². The summed E-state index contributed by atoms with van der Waals surface area (Å²) in [6.45, 7) is 1.03. The molecule has 0 saturated carbocycles. The summed E-state index contributed by atoms with van der Waals surface area (Å²) < 4.78 is 66.3. The zero-order valence-electron chi connectivity index (χ0n) is 18.1. The van der Waals surface area contributed by atoms with E-state index in [1.54, 1.807) is 30.3 Å². The van der Waals surface area contributed by atoms with E-state index in [4.69, 9.17) is 0 Å². The fourth-order valence-corrected chi connectivity index (χ4v) is 4.46. The predicted molar refractivity (Wildman–Crippen MR) is 122 cm³/mol. The second-order valence-corrected chi connectivity index (χ2v) is 8.34. The molecular formula is C26H23ClF5NO. The van der Waals surface area contributed by atoms with Crippen molar-refractivity contribution >= 4 is 18.2 Å². The van der Waals surface area contributed by atoms with E-state index in [1.165, 1.54) is 30.3 Å². The van der Waals surface area contributed by atoms with Crippen LogP contribution in [0, 0.1) is 17.6 Å². The van der Waals surface area contributed by atoms with Gasteiger partial charge in [-0.25, -0.2) is 8.78 Å². The Labute approximate surface area is 200 Å². The van der Waals surface area contributed by atoms with Crippen molar-refractivity contribution in [2.45, 2.75) is 25.1 Å². The number of piperidine rings is 1. The zero-order valence-corrected chi connectivity index (χ0v) is 18.9. The lowest BCUT2D eigenvalue weighted by Crippen LogP contribution is -2.43. The van der Waals surface area contributed by atoms with Gasteiger partial charge in [0.05, 0.1) is 5.56 Å². The minimum atomic E-state index is -4.42. The van der Waals surface area contributed by atoms with Crippen LogP contribution in [0.5, 0.6) is 0 Å².